The molecule has 0 bridgehead atoms. The average molecular weight is 159 g/mol. The summed E-state index contributed by atoms with van der Waals surface area (Å²) in [6.07, 6.45) is 5.11. The summed E-state index contributed by atoms with van der Waals surface area (Å²) in [6, 6.07) is 8.40. The number of hydrogen-bond acceptors (Lipinski definition) is 1. The molecule has 0 radical (unpaired) electrons. The van der Waals surface area contributed by atoms with E-state index in [9.17, 15) is 0 Å². The van der Waals surface area contributed by atoms with Crippen LogP contribution in [0.15, 0.2) is 24.3 Å². The van der Waals surface area contributed by atoms with E-state index < -0.39 is 0 Å². The lowest BCUT2D eigenvalue weighted by Crippen LogP contribution is -2.12. The SMILES string of the molecule is C#CCNCc1cccc(C)c1. The van der Waals surface area contributed by atoms with Crippen LogP contribution >= 0.6 is 0 Å². The van der Waals surface area contributed by atoms with Crippen LogP contribution in [-0.4, -0.2) is 6.54 Å². The Balaban J connectivity index is 2.48. The first-order valence-electron chi connectivity index (χ1n) is 4.02. The summed E-state index contributed by atoms with van der Waals surface area (Å²) in [5.74, 6) is 2.54. The molecule has 1 N–H and O–H groups in total. The van der Waals surface area contributed by atoms with Crippen molar-refractivity contribution in [3.8, 4) is 12.3 Å². The highest BCUT2D eigenvalue weighted by Gasteiger charge is 1.90. The largest absolute Gasteiger partial charge is 0.302 e. The van der Waals surface area contributed by atoms with Crippen molar-refractivity contribution in [2.75, 3.05) is 6.54 Å². The van der Waals surface area contributed by atoms with Crippen molar-refractivity contribution in [2.45, 2.75) is 13.5 Å². The van der Waals surface area contributed by atoms with E-state index >= 15 is 0 Å². The van der Waals surface area contributed by atoms with Crippen LogP contribution in [0, 0.1) is 19.3 Å². The molecule has 0 unspecified atom stereocenters. The highest BCUT2D eigenvalue weighted by molar-refractivity contribution is 5.22. The van der Waals surface area contributed by atoms with E-state index in [0.717, 1.165) is 6.54 Å². The second-order valence-corrected chi connectivity index (χ2v) is 2.80. The molecule has 0 aliphatic heterocycles. The van der Waals surface area contributed by atoms with E-state index in [4.69, 9.17) is 6.42 Å². The highest BCUT2D eigenvalue weighted by Crippen LogP contribution is 2.02. The van der Waals surface area contributed by atoms with Gasteiger partial charge in [-0.15, -0.1) is 6.42 Å². The zero-order valence-electron chi connectivity index (χ0n) is 7.30. The maximum absolute atomic E-state index is 5.11. The molecule has 0 aromatic heterocycles. The summed E-state index contributed by atoms with van der Waals surface area (Å²) in [5.41, 5.74) is 2.57. The molecular formula is C11H13N. The molecular weight excluding hydrogens is 146 g/mol. The molecule has 0 spiro atoms. The first-order valence-corrected chi connectivity index (χ1v) is 4.02. The minimum Gasteiger partial charge on any atom is -0.302 e. The van der Waals surface area contributed by atoms with Gasteiger partial charge in [0.25, 0.3) is 0 Å². The van der Waals surface area contributed by atoms with Crippen molar-refractivity contribution >= 4 is 0 Å². The van der Waals surface area contributed by atoms with Crippen molar-refractivity contribution in [3.05, 3.63) is 35.4 Å². The number of rotatable bonds is 3. The van der Waals surface area contributed by atoms with Crippen LogP contribution < -0.4 is 5.32 Å². The van der Waals surface area contributed by atoms with Crippen molar-refractivity contribution in [1.82, 2.24) is 5.32 Å². The van der Waals surface area contributed by atoms with E-state index in [-0.39, 0.29) is 0 Å². The number of terminal acetylenes is 1. The minimum absolute atomic E-state index is 0.633. The normalized spacial score (nSPS) is 9.33. The van der Waals surface area contributed by atoms with Gasteiger partial charge in [-0.1, -0.05) is 35.7 Å². The van der Waals surface area contributed by atoms with Crippen LogP contribution in [0.1, 0.15) is 11.1 Å². The van der Waals surface area contributed by atoms with Crippen LogP contribution in [-0.2, 0) is 6.54 Å². The van der Waals surface area contributed by atoms with Gasteiger partial charge >= 0.3 is 0 Å². The van der Waals surface area contributed by atoms with Crippen LogP contribution in [0.5, 0.6) is 0 Å². The van der Waals surface area contributed by atoms with Gasteiger partial charge in [0, 0.05) is 6.54 Å². The predicted molar refractivity (Wildman–Crippen MR) is 51.7 cm³/mol. The molecule has 0 saturated heterocycles. The number of nitrogens with one attached hydrogen (secondary N) is 1. The molecule has 1 nitrogen and oxygen atoms in total. The molecule has 0 aliphatic rings. The van der Waals surface area contributed by atoms with Gasteiger partial charge < -0.3 is 5.32 Å². The third-order valence-corrected chi connectivity index (χ3v) is 1.64. The highest BCUT2D eigenvalue weighted by atomic mass is 14.8. The van der Waals surface area contributed by atoms with E-state index in [0.29, 0.717) is 6.54 Å². The maximum Gasteiger partial charge on any atom is 0.0576 e. The zero-order chi connectivity index (χ0) is 8.81. The van der Waals surface area contributed by atoms with Gasteiger partial charge in [0.15, 0.2) is 0 Å². The first kappa shape index (κ1) is 8.83. The summed E-state index contributed by atoms with van der Waals surface area (Å²) in [4.78, 5) is 0. The fourth-order valence-corrected chi connectivity index (χ4v) is 1.10. The quantitative estimate of drug-likeness (QED) is 0.523. The molecule has 0 fully saturated rings. The van der Waals surface area contributed by atoms with Gasteiger partial charge in [-0.3, -0.25) is 0 Å². The van der Waals surface area contributed by atoms with Gasteiger partial charge in [0.05, 0.1) is 6.54 Å². The van der Waals surface area contributed by atoms with Gasteiger partial charge in [0.2, 0.25) is 0 Å². The maximum atomic E-state index is 5.11. The lowest BCUT2D eigenvalue weighted by molar-refractivity contribution is 0.770. The fourth-order valence-electron chi connectivity index (χ4n) is 1.10. The van der Waals surface area contributed by atoms with Crippen molar-refractivity contribution < 1.29 is 0 Å². The van der Waals surface area contributed by atoms with Crippen molar-refractivity contribution in [3.63, 3.8) is 0 Å². The first-order chi connectivity index (χ1) is 5.83. The van der Waals surface area contributed by atoms with E-state index in [1.807, 2.05) is 0 Å². The van der Waals surface area contributed by atoms with Crippen LogP contribution in [0.2, 0.25) is 0 Å². The Morgan fingerprint density at radius 3 is 3.00 bits per heavy atom. The van der Waals surface area contributed by atoms with Gasteiger partial charge in [0.1, 0.15) is 0 Å². The molecule has 62 valence electrons. The third-order valence-electron chi connectivity index (χ3n) is 1.64. The predicted octanol–water partition coefficient (Wildman–Crippen LogP) is 1.72. The molecule has 1 aromatic carbocycles. The standard InChI is InChI=1S/C11H13N/c1-3-7-12-9-11-6-4-5-10(2)8-11/h1,4-6,8,12H,7,9H2,2H3. The van der Waals surface area contributed by atoms with E-state index in [1.165, 1.54) is 11.1 Å². The summed E-state index contributed by atoms with van der Waals surface area (Å²) in [5, 5.41) is 3.14. The lowest BCUT2D eigenvalue weighted by Gasteiger charge is -2.01. The average Bonchev–Trinajstić information content (AvgIpc) is 2.05. The smallest absolute Gasteiger partial charge is 0.0576 e. The molecule has 1 rings (SSSR count). The zero-order valence-corrected chi connectivity index (χ0v) is 7.30. The second-order valence-electron chi connectivity index (χ2n) is 2.80. The molecule has 0 heterocycles. The topological polar surface area (TPSA) is 12.0 Å². The number of hydrogen-bond donors (Lipinski definition) is 1. The Hall–Kier alpha value is -1.26. The summed E-state index contributed by atoms with van der Waals surface area (Å²) in [7, 11) is 0. The summed E-state index contributed by atoms with van der Waals surface area (Å²) < 4.78 is 0. The Morgan fingerprint density at radius 2 is 2.33 bits per heavy atom. The third kappa shape index (κ3) is 2.77. The molecule has 0 amide bonds. The lowest BCUT2D eigenvalue weighted by atomic mass is 10.1. The minimum atomic E-state index is 0.633. The summed E-state index contributed by atoms with van der Waals surface area (Å²) >= 11 is 0. The Morgan fingerprint density at radius 1 is 1.50 bits per heavy atom. The Kier molecular flexibility index (Phi) is 3.37. The van der Waals surface area contributed by atoms with Crippen LogP contribution in [0.4, 0.5) is 0 Å². The fraction of sp³-hybridized carbons (Fsp3) is 0.273. The number of aryl methyl sites for hydroxylation is 1. The monoisotopic (exact) mass is 159 g/mol. The number of benzene rings is 1. The molecule has 12 heavy (non-hydrogen) atoms. The van der Waals surface area contributed by atoms with E-state index in [1.54, 1.807) is 0 Å². The van der Waals surface area contributed by atoms with Gasteiger partial charge in [-0.2, -0.15) is 0 Å². The molecule has 0 aliphatic carbocycles. The Labute approximate surface area is 73.8 Å². The second kappa shape index (κ2) is 4.58. The Bertz CT molecular complexity index is 283. The van der Waals surface area contributed by atoms with E-state index in [2.05, 4.69) is 42.4 Å². The van der Waals surface area contributed by atoms with Crippen LogP contribution in [0.25, 0.3) is 0 Å². The molecule has 1 aromatic rings. The van der Waals surface area contributed by atoms with Crippen molar-refractivity contribution in [2.24, 2.45) is 0 Å². The van der Waals surface area contributed by atoms with Crippen LogP contribution in [0.3, 0.4) is 0 Å². The molecule has 0 atom stereocenters. The van der Waals surface area contributed by atoms with Gasteiger partial charge in [-0.25, -0.2) is 0 Å². The van der Waals surface area contributed by atoms with Gasteiger partial charge in [-0.05, 0) is 12.5 Å². The summed E-state index contributed by atoms with van der Waals surface area (Å²) in [6.45, 7) is 3.57. The molecule has 1 heteroatoms. The molecule has 0 saturated carbocycles. The van der Waals surface area contributed by atoms with Crippen molar-refractivity contribution in [1.29, 1.82) is 0 Å².